The van der Waals surface area contributed by atoms with Crippen LogP contribution in [-0.2, 0) is 10.1 Å². The zero-order valence-corrected chi connectivity index (χ0v) is 3.97. The van der Waals surface area contributed by atoms with E-state index in [9.17, 15) is 13.2 Å². The average molecular weight is 149 g/mol. The molecule has 3 N–H and O–H groups in total. The molecule has 0 aromatic rings. The molecule has 0 aliphatic carbocycles. The number of rotatable bonds is 0. The molecule has 0 heterocycles. The van der Waals surface area contributed by atoms with Gasteiger partial charge in [-0.05, 0) is 0 Å². The van der Waals surface area contributed by atoms with Gasteiger partial charge in [-0.25, -0.2) is 0 Å². The first-order valence-corrected chi connectivity index (χ1v) is 2.65. The van der Waals surface area contributed by atoms with E-state index in [4.69, 9.17) is 4.55 Å². The molecule has 0 bridgehead atoms. The van der Waals surface area contributed by atoms with E-state index in [1.165, 1.54) is 0 Å². The van der Waals surface area contributed by atoms with Crippen molar-refractivity contribution in [1.29, 1.82) is 0 Å². The Balaban J connectivity index is 0. The monoisotopic (exact) mass is 149 g/mol. The van der Waals surface area contributed by atoms with Crippen LogP contribution in [0, 0.1) is 0 Å². The number of amides is 1. The Morgan fingerprint density at radius 1 is 1.50 bits per heavy atom. The maximum atomic E-state index is 9.41. The fourth-order valence-corrected chi connectivity index (χ4v) is 0. The number of hydrogen-bond acceptors (Lipinski definition) is 3. The number of carbonyl (C=O) groups is 1. The van der Waals surface area contributed by atoms with Crippen LogP contribution >= 0.6 is 0 Å². The predicted molar refractivity (Wildman–Crippen MR) is 28.3 cm³/mol. The molecule has 0 radical (unpaired) electrons. The number of carbonyl (C=O) groups excluding carboxylic acids is 1. The minimum absolute atomic E-state index is 0. The summed E-state index contributed by atoms with van der Waals surface area (Å²) >= 11 is 0. The van der Waals surface area contributed by atoms with Gasteiger partial charge in [0, 0.05) is 0 Å². The first kappa shape index (κ1) is 11.2. The van der Waals surface area contributed by atoms with Gasteiger partial charge in [0.2, 0.25) is 0 Å². The maximum absolute atomic E-state index is 9.41. The minimum atomic E-state index is -4.60. The number of primary amides is 1. The van der Waals surface area contributed by atoms with Crippen LogP contribution in [0.15, 0.2) is 0 Å². The van der Waals surface area contributed by atoms with E-state index in [0.29, 0.717) is 0 Å². The summed E-state index contributed by atoms with van der Waals surface area (Å²) in [7, 11) is -4.60. The van der Waals surface area contributed by atoms with Crippen LogP contribution in [0.25, 0.3) is 0 Å². The summed E-state index contributed by atoms with van der Waals surface area (Å²) in [6.45, 7) is 0. The molecule has 0 rings (SSSR count). The molecule has 0 unspecified atom stereocenters. The van der Waals surface area contributed by atoms with Crippen molar-refractivity contribution in [1.82, 2.24) is 0 Å². The van der Waals surface area contributed by atoms with Crippen LogP contribution < -0.4 is 5.73 Å². The van der Waals surface area contributed by atoms with Crippen molar-refractivity contribution in [3.8, 4) is 0 Å². The molecule has 0 atom stereocenters. The Labute approximate surface area is 68.3 Å². The summed E-state index contributed by atoms with van der Waals surface area (Å²) in [5, 5.41) is -1.73. The Bertz CT molecular complexity index is 170. The molecule has 0 aromatic carbocycles. The molecule has 0 aliphatic heterocycles. The van der Waals surface area contributed by atoms with Crippen LogP contribution in [0.5, 0.6) is 0 Å². The topological polar surface area (TPSA) is 97.5 Å². The van der Waals surface area contributed by atoms with Gasteiger partial charge in [-0.1, -0.05) is 0 Å². The second-order valence-corrected chi connectivity index (χ2v) is 2.15. The summed E-state index contributed by atoms with van der Waals surface area (Å²) in [5.41, 5.74) is 4.09. The number of hydrogen-bond donors (Lipinski definition) is 2. The third-order valence-corrected chi connectivity index (χ3v) is 0.763. The van der Waals surface area contributed by atoms with Crippen molar-refractivity contribution >= 4 is 44.9 Å². The summed E-state index contributed by atoms with van der Waals surface area (Å²) in [4.78, 5) is 9.41. The fraction of sp³-hybridized carbons (Fsp3) is 0. The van der Waals surface area contributed by atoms with Crippen molar-refractivity contribution in [3.05, 3.63) is 0 Å². The second kappa shape index (κ2) is 3.41. The first-order valence-electron chi connectivity index (χ1n) is 1.21. The Hall–Kier alpha value is 0.380. The fourth-order valence-electron chi connectivity index (χ4n) is 0. The van der Waals surface area contributed by atoms with Crippen molar-refractivity contribution in [2.24, 2.45) is 5.73 Å². The molecule has 7 heteroatoms. The molecular weight excluding hydrogens is 145 g/mol. The van der Waals surface area contributed by atoms with Crippen LogP contribution in [-0.4, -0.2) is 47.8 Å². The molecule has 0 aromatic heterocycles. The van der Waals surface area contributed by atoms with Crippen LogP contribution in [0.1, 0.15) is 0 Å². The van der Waals surface area contributed by atoms with Gasteiger partial charge in [0.1, 0.15) is 0 Å². The standard InChI is InChI=1S/CH3NO4S.Na.H/c2-1(3)7(4,5)6;;/h(H2,2,3)(H,4,5,6);;. The van der Waals surface area contributed by atoms with Crippen LogP contribution in [0.4, 0.5) is 4.79 Å². The SMILES string of the molecule is NC(=O)S(=O)(=O)O.[NaH]. The molecule has 8 heavy (non-hydrogen) atoms. The third-order valence-electron chi connectivity index (χ3n) is 0.254. The molecule has 1 amide bonds. The summed E-state index contributed by atoms with van der Waals surface area (Å²) in [5.74, 6) is 0. The van der Waals surface area contributed by atoms with Crippen molar-refractivity contribution in [3.63, 3.8) is 0 Å². The molecule has 0 saturated carbocycles. The van der Waals surface area contributed by atoms with E-state index in [-0.39, 0.29) is 29.6 Å². The second-order valence-electron chi connectivity index (χ2n) is 0.794. The van der Waals surface area contributed by atoms with E-state index in [0.717, 1.165) is 0 Å². The van der Waals surface area contributed by atoms with Crippen LogP contribution in [0.3, 0.4) is 0 Å². The van der Waals surface area contributed by atoms with Gasteiger partial charge in [-0.2, -0.15) is 8.42 Å². The summed E-state index contributed by atoms with van der Waals surface area (Å²) in [6, 6.07) is 0. The van der Waals surface area contributed by atoms with Gasteiger partial charge < -0.3 is 5.73 Å². The molecule has 44 valence electrons. The third kappa shape index (κ3) is 4.54. The first-order chi connectivity index (χ1) is 2.94. The van der Waals surface area contributed by atoms with Gasteiger partial charge in [0.05, 0.1) is 0 Å². The average Bonchev–Trinajstić information content (AvgIpc) is 1.31. The van der Waals surface area contributed by atoms with E-state index >= 15 is 0 Å². The molecular formula is CH4NNaO4S. The Kier molecular flexibility index (Phi) is 4.79. The van der Waals surface area contributed by atoms with Gasteiger partial charge >= 0.3 is 44.9 Å². The molecule has 0 aliphatic rings. The zero-order chi connectivity index (χ0) is 6.08. The Morgan fingerprint density at radius 2 is 1.62 bits per heavy atom. The molecule has 5 nitrogen and oxygen atoms in total. The van der Waals surface area contributed by atoms with E-state index in [2.05, 4.69) is 5.73 Å². The van der Waals surface area contributed by atoms with Crippen molar-refractivity contribution < 1.29 is 17.8 Å². The van der Waals surface area contributed by atoms with Gasteiger partial charge in [0.15, 0.2) is 0 Å². The number of nitrogens with two attached hydrogens (primary N) is 1. The van der Waals surface area contributed by atoms with Crippen molar-refractivity contribution in [2.75, 3.05) is 0 Å². The summed E-state index contributed by atoms with van der Waals surface area (Å²) < 4.78 is 26.4. The van der Waals surface area contributed by atoms with Gasteiger partial charge in [-0.15, -0.1) is 0 Å². The van der Waals surface area contributed by atoms with E-state index in [1.807, 2.05) is 0 Å². The van der Waals surface area contributed by atoms with E-state index in [1.54, 1.807) is 0 Å². The predicted octanol–water partition coefficient (Wildman–Crippen LogP) is -1.70. The van der Waals surface area contributed by atoms with E-state index < -0.39 is 15.4 Å². The van der Waals surface area contributed by atoms with Gasteiger partial charge in [-0.3, -0.25) is 9.35 Å². The summed E-state index contributed by atoms with van der Waals surface area (Å²) in [6.07, 6.45) is 0. The van der Waals surface area contributed by atoms with Crippen molar-refractivity contribution in [2.45, 2.75) is 0 Å². The molecule has 0 fully saturated rings. The Morgan fingerprint density at radius 3 is 1.62 bits per heavy atom. The van der Waals surface area contributed by atoms with Gasteiger partial charge in [0.25, 0.3) is 0 Å². The van der Waals surface area contributed by atoms with Crippen LogP contribution in [0.2, 0.25) is 0 Å². The normalized spacial score (nSPS) is 9.62. The quantitative estimate of drug-likeness (QED) is 0.317. The molecule has 0 spiro atoms. The zero-order valence-electron chi connectivity index (χ0n) is 3.16. The molecule has 0 saturated heterocycles.